The number of halogens is 1. The van der Waals surface area contributed by atoms with Crippen LogP contribution in [0.2, 0.25) is 0 Å². The number of amidine groups is 1. The van der Waals surface area contributed by atoms with E-state index in [1.165, 1.54) is 0 Å². The first-order valence-corrected chi connectivity index (χ1v) is 11.6. The Morgan fingerprint density at radius 2 is 2.10 bits per heavy atom. The summed E-state index contributed by atoms with van der Waals surface area (Å²) in [5, 5.41) is 11.7. The summed E-state index contributed by atoms with van der Waals surface area (Å²) in [7, 11) is 1.66. The Kier molecular flexibility index (Phi) is 6.15. The Balaban J connectivity index is 1.86. The third-order valence-electron chi connectivity index (χ3n) is 5.02. The van der Waals surface area contributed by atoms with E-state index in [0.29, 0.717) is 10.9 Å². The van der Waals surface area contributed by atoms with E-state index in [4.69, 9.17) is 14.8 Å². The number of methoxy groups -OCH3 is 1. The Bertz CT molecular complexity index is 1150. The fourth-order valence-electron chi connectivity index (χ4n) is 3.51. The number of nitrogens with one attached hydrogen (secondary N) is 1. The summed E-state index contributed by atoms with van der Waals surface area (Å²) in [5.74, 6) is 1.57. The van der Waals surface area contributed by atoms with E-state index in [0.717, 1.165) is 50.5 Å². The van der Waals surface area contributed by atoms with Crippen molar-refractivity contribution in [1.29, 1.82) is 0 Å². The molecule has 0 bridgehead atoms. The van der Waals surface area contributed by atoms with E-state index >= 15 is 0 Å². The summed E-state index contributed by atoms with van der Waals surface area (Å²) in [6, 6.07) is 11.7. The molecule has 0 radical (unpaired) electrons. The van der Waals surface area contributed by atoms with Crippen molar-refractivity contribution in [2.24, 2.45) is 10.1 Å². The van der Waals surface area contributed by atoms with Gasteiger partial charge in [0.15, 0.2) is 11.3 Å². The van der Waals surface area contributed by atoms with E-state index in [1.54, 1.807) is 23.9 Å². The molecule has 1 amide bonds. The predicted molar refractivity (Wildman–Crippen MR) is 124 cm³/mol. The number of benzene rings is 2. The SMILES string of the molecule is CCCCSC1=NN2C(=c3cc(Br)ccc3=NC2c2ccc(OC)c(C)c2)C(=O)N1. The van der Waals surface area contributed by atoms with E-state index in [9.17, 15) is 4.79 Å². The third-order valence-corrected chi connectivity index (χ3v) is 6.47. The van der Waals surface area contributed by atoms with Crippen LogP contribution < -0.4 is 20.6 Å². The van der Waals surface area contributed by atoms with Crippen molar-refractivity contribution in [3.05, 3.63) is 62.6 Å². The van der Waals surface area contributed by atoms with Crippen LogP contribution in [-0.2, 0) is 4.79 Å². The molecule has 6 nitrogen and oxygen atoms in total. The summed E-state index contributed by atoms with van der Waals surface area (Å²) in [6.07, 6.45) is 1.74. The van der Waals surface area contributed by atoms with Gasteiger partial charge in [-0.15, -0.1) is 5.10 Å². The number of unbranched alkanes of at least 4 members (excludes halogenated alkanes) is 1. The lowest BCUT2D eigenvalue weighted by atomic mass is 10.1. The number of carbonyl (C=O) groups is 1. The van der Waals surface area contributed by atoms with Crippen molar-refractivity contribution in [1.82, 2.24) is 10.3 Å². The molecule has 30 heavy (non-hydrogen) atoms. The molecule has 4 rings (SSSR count). The topological polar surface area (TPSA) is 66.3 Å². The molecule has 2 aliphatic rings. The van der Waals surface area contributed by atoms with Crippen LogP contribution in [0.25, 0.3) is 5.70 Å². The molecule has 2 aliphatic heterocycles. The van der Waals surface area contributed by atoms with Crippen molar-refractivity contribution in [2.75, 3.05) is 12.9 Å². The van der Waals surface area contributed by atoms with E-state index in [1.807, 2.05) is 43.3 Å². The molecule has 2 aromatic rings. The van der Waals surface area contributed by atoms with Crippen LogP contribution >= 0.6 is 27.7 Å². The van der Waals surface area contributed by atoms with Crippen LogP contribution in [0.1, 0.15) is 37.1 Å². The van der Waals surface area contributed by atoms with Crippen LogP contribution in [0.4, 0.5) is 0 Å². The summed E-state index contributed by atoms with van der Waals surface area (Å²) in [6.45, 7) is 4.15. The maximum Gasteiger partial charge on any atom is 0.276 e. The van der Waals surface area contributed by atoms with Gasteiger partial charge >= 0.3 is 0 Å². The molecular formula is C22H23BrN4O2S. The lowest BCUT2D eigenvalue weighted by Gasteiger charge is -2.34. The van der Waals surface area contributed by atoms with Gasteiger partial charge in [0.25, 0.3) is 5.91 Å². The van der Waals surface area contributed by atoms with Gasteiger partial charge in [0.05, 0.1) is 12.5 Å². The molecule has 0 fully saturated rings. The van der Waals surface area contributed by atoms with Crippen molar-refractivity contribution in [3.8, 4) is 5.75 Å². The number of hydrogen-bond acceptors (Lipinski definition) is 6. The molecule has 156 valence electrons. The number of nitrogens with zero attached hydrogens (tertiary/aromatic N) is 3. The quantitative estimate of drug-likeness (QED) is 0.657. The Morgan fingerprint density at radius 1 is 1.27 bits per heavy atom. The Labute approximate surface area is 188 Å². The van der Waals surface area contributed by atoms with Gasteiger partial charge in [-0.25, -0.2) is 5.01 Å². The predicted octanol–water partition coefficient (Wildman–Crippen LogP) is 3.44. The zero-order chi connectivity index (χ0) is 21.3. The minimum Gasteiger partial charge on any atom is -0.496 e. The number of hydrogen-bond donors (Lipinski definition) is 1. The van der Waals surface area contributed by atoms with Crippen molar-refractivity contribution in [2.45, 2.75) is 32.9 Å². The average molecular weight is 487 g/mol. The lowest BCUT2D eigenvalue weighted by Crippen LogP contribution is -2.50. The minimum atomic E-state index is -0.425. The first kappa shape index (κ1) is 20.9. The fourth-order valence-corrected chi connectivity index (χ4v) is 4.81. The van der Waals surface area contributed by atoms with E-state index in [2.05, 4.69) is 28.2 Å². The second-order valence-electron chi connectivity index (χ2n) is 7.15. The molecule has 0 saturated carbocycles. The first-order chi connectivity index (χ1) is 14.5. The average Bonchev–Trinajstić information content (AvgIpc) is 2.73. The van der Waals surface area contributed by atoms with Gasteiger partial charge in [0, 0.05) is 15.4 Å². The molecule has 1 unspecified atom stereocenters. The van der Waals surface area contributed by atoms with Crippen LogP contribution in [0.5, 0.6) is 5.75 Å². The van der Waals surface area contributed by atoms with Gasteiger partial charge in [0.1, 0.15) is 11.4 Å². The number of hydrazone groups is 1. The molecule has 0 saturated heterocycles. The third kappa shape index (κ3) is 3.98. The van der Waals surface area contributed by atoms with Crippen LogP contribution in [0.3, 0.4) is 0 Å². The highest BCUT2D eigenvalue weighted by atomic mass is 79.9. The van der Waals surface area contributed by atoms with E-state index in [-0.39, 0.29) is 5.91 Å². The molecular weight excluding hydrogens is 464 g/mol. The molecule has 1 N–H and O–H groups in total. The highest BCUT2D eigenvalue weighted by molar-refractivity contribution is 9.10. The first-order valence-electron chi connectivity index (χ1n) is 9.86. The van der Waals surface area contributed by atoms with Crippen LogP contribution in [-0.4, -0.2) is 28.9 Å². The van der Waals surface area contributed by atoms with Crippen molar-refractivity contribution in [3.63, 3.8) is 0 Å². The molecule has 1 atom stereocenters. The second-order valence-corrected chi connectivity index (χ2v) is 9.15. The smallest absolute Gasteiger partial charge is 0.276 e. The van der Waals surface area contributed by atoms with Gasteiger partial charge in [-0.2, -0.15) is 0 Å². The number of fused-ring (bicyclic) bond motifs is 2. The Morgan fingerprint density at radius 3 is 2.83 bits per heavy atom. The summed E-state index contributed by atoms with van der Waals surface area (Å²) < 4.78 is 6.29. The molecule has 2 heterocycles. The summed E-state index contributed by atoms with van der Waals surface area (Å²) in [4.78, 5) is 18.1. The fraction of sp³-hybridized carbons (Fsp3) is 0.318. The second kappa shape index (κ2) is 8.81. The number of ether oxygens (including phenoxy) is 1. The van der Waals surface area contributed by atoms with Crippen molar-refractivity contribution < 1.29 is 9.53 Å². The number of amides is 1. The molecule has 0 aromatic heterocycles. The van der Waals surface area contributed by atoms with Gasteiger partial charge in [0.2, 0.25) is 0 Å². The normalized spacial score (nSPS) is 17.5. The number of carbonyl (C=O) groups excluding carboxylic acids is 1. The van der Waals surface area contributed by atoms with Crippen molar-refractivity contribution >= 4 is 44.5 Å². The highest BCUT2D eigenvalue weighted by Crippen LogP contribution is 2.33. The number of thioether (sulfide) groups is 1. The summed E-state index contributed by atoms with van der Waals surface area (Å²) in [5.41, 5.74) is 2.48. The molecule has 2 aromatic carbocycles. The summed E-state index contributed by atoms with van der Waals surface area (Å²) >= 11 is 5.07. The zero-order valence-electron chi connectivity index (χ0n) is 17.1. The molecule has 0 aliphatic carbocycles. The highest BCUT2D eigenvalue weighted by Gasteiger charge is 2.34. The van der Waals surface area contributed by atoms with E-state index < -0.39 is 6.17 Å². The zero-order valence-corrected chi connectivity index (χ0v) is 19.5. The van der Waals surface area contributed by atoms with Gasteiger partial charge in [-0.3, -0.25) is 15.1 Å². The maximum absolute atomic E-state index is 13.1. The van der Waals surface area contributed by atoms with Crippen LogP contribution in [0, 0.1) is 6.92 Å². The largest absolute Gasteiger partial charge is 0.496 e. The van der Waals surface area contributed by atoms with Gasteiger partial charge in [-0.05, 0) is 54.8 Å². The standard InChI is InChI=1S/C22H23BrN4O2S/c1-4-5-10-30-22-25-21(28)19-16-12-15(23)7-8-17(16)24-20(27(19)26-22)14-6-9-18(29-3)13(2)11-14/h6-9,11-12,20H,4-5,10H2,1-3H3,(H,25,26,28). The minimum absolute atomic E-state index is 0.159. The maximum atomic E-state index is 13.1. The number of aryl methyl sites for hydroxylation is 1. The monoisotopic (exact) mass is 486 g/mol. The lowest BCUT2D eigenvalue weighted by molar-refractivity contribution is -0.116. The Hall–Kier alpha value is -2.32. The number of rotatable bonds is 5. The van der Waals surface area contributed by atoms with Crippen LogP contribution in [0.15, 0.2) is 51.0 Å². The molecule has 0 spiro atoms. The van der Waals surface area contributed by atoms with Gasteiger partial charge in [-0.1, -0.05) is 47.1 Å². The molecule has 8 heteroatoms. The van der Waals surface area contributed by atoms with Gasteiger partial charge < -0.3 is 4.74 Å².